The predicted octanol–water partition coefficient (Wildman–Crippen LogP) is 5.30. The van der Waals surface area contributed by atoms with Crippen LogP contribution < -0.4 is 0 Å². The van der Waals surface area contributed by atoms with Crippen LogP contribution in [0.5, 0.6) is 0 Å². The molecular weight excluding hydrogens is 363 g/mol. The van der Waals surface area contributed by atoms with Crippen molar-refractivity contribution in [3.63, 3.8) is 0 Å². The number of rotatable bonds is 5. The molecule has 0 aliphatic heterocycles. The van der Waals surface area contributed by atoms with Crippen LogP contribution in [0.25, 0.3) is 0 Å². The lowest BCUT2D eigenvalue weighted by molar-refractivity contribution is 0.491. The lowest BCUT2D eigenvalue weighted by atomic mass is 10.2. The summed E-state index contributed by atoms with van der Waals surface area (Å²) in [4.78, 5) is 9.25. The molecule has 2 heterocycles. The minimum absolute atomic E-state index is 0.251. The highest BCUT2D eigenvalue weighted by Crippen LogP contribution is 2.35. The molecule has 0 atom stereocenters. The first-order chi connectivity index (χ1) is 11.5. The summed E-state index contributed by atoms with van der Waals surface area (Å²) in [5.41, 5.74) is 2.07. The van der Waals surface area contributed by atoms with E-state index in [1.165, 1.54) is 0 Å². The Bertz CT molecular complexity index is 814. The van der Waals surface area contributed by atoms with E-state index >= 15 is 0 Å². The van der Waals surface area contributed by atoms with Gasteiger partial charge in [-0.2, -0.15) is 5.10 Å². The second kappa shape index (κ2) is 7.55. The highest BCUT2D eigenvalue weighted by atomic mass is 35.5. The minimum Gasteiger partial charge on any atom is -0.256 e. The van der Waals surface area contributed by atoms with E-state index in [4.69, 9.17) is 23.2 Å². The van der Waals surface area contributed by atoms with Crippen molar-refractivity contribution in [1.82, 2.24) is 19.7 Å². The van der Waals surface area contributed by atoms with Gasteiger partial charge in [-0.15, -0.1) is 0 Å². The number of nitrogens with zero attached hydrogens (tertiary/aromatic N) is 4. The zero-order valence-corrected chi connectivity index (χ0v) is 15.6. The quantitative estimate of drug-likeness (QED) is 0.603. The minimum atomic E-state index is 0.251. The molecule has 0 spiro atoms. The van der Waals surface area contributed by atoms with Crippen LogP contribution in [0.3, 0.4) is 0 Å². The van der Waals surface area contributed by atoms with E-state index in [0.717, 1.165) is 21.2 Å². The third kappa shape index (κ3) is 4.09. The number of aromatic nitrogens is 4. The molecule has 24 heavy (non-hydrogen) atoms. The Kier molecular flexibility index (Phi) is 5.43. The zero-order chi connectivity index (χ0) is 17.1. The zero-order valence-electron chi connectivity index (χ0n) is 13.3. The number of hydrogen-bond acceptors (Lipinski definition) is 4. The molecule has 0 aliphatic carbocycles. The van der Waals surface area contributed by atoms with Gasteiger partial charge in [-0.3, -0.25) is 4.68 Å². The van der Waals surface area contributed by atoms with E-state index in [0.29, 0.717) is 16.5 Å². The van der Waals surface area contributed by atoms with Gasteiger partial charge in [-0.05, 0) is 38.1 Å². The fourth-order valence-corrected chi connectivity index (χ4v) is 4.16. The van der Waals surface area contributed by atoms with Crippen LogP contribution in [-0.2, 0) is 6.42 Å². The molecule has 0 fully saturated rings. The molecule has 1 aromatic carbocycles. The lowest BCUT2D eigenvalue weighted by Gasteiger charge is -2.12. The maximum absolute atomic E-state index is 6.13. The van der Waals surface area contributed by atoms with Crippen molar-refractivity contribution in [2.24, 2.45) is 0 Å². The first-order valence-corrected chi connectivity index (χ1v) is 9.05. The Labute approximate surface area is 155 Å². The van der Waals surface area contributed by atoms with Gasteiger partial charge < -0.3 is 0 Å². The van der Waals surface area contributed by atoms with Gasteiger partial charge in [0, 0.05) is 44.9 Å². The molecule has 0 saturated heterocycles. The van der Waals surface area contributed by atoms with Crippen LogP contribution in [-0.4, -0.2) is 19.7 Å². The van der Waals surface area contributed by atoms with Crippen LogP contribution in [0.4, 0.5) is 0 Å². The third-order valence-electron chi connectivity index (χ3n) is 3.38. The Hall–Kier alpha value is -1.56. The van der Waals surface area contributed by atoms with Crippen LogP contribution in [0.2, 0.25) is 10.0 Å². The van der Waals surface area contributed by atoms with Crippen molar-refractivity contribution < 1.29 is 0 Å². The Morgan fingerprint density at radius 2 is 1.92 bits per heavy atom. The number of hydrogen-bond donors (Lipinski definition) is 0. The van der Waals surface area contributed by atoms with Crippen molar-refractivity contribution in [1.29, 1.82) is 0 Å². The summed E-state index contributed by atoms with van der Waals surface area (Å²) in [5, 5.41) is 6.86. The average Bonchev–Trinajstić information content (AvgIpc) is 2.90. The Balaban J connectivity index is 1.96. The van der Waals surface area contributed by atoms with E-state index in [-0.39, 0.29) is 6.04 Å². The molecule has 0 amide bonds. The SMILES string of the molecule is CC(C)n1ncc(Cc2ccncn2)c1Sc1cc(Cl)cc(Cl)c1. The van der Waals surface area contributed by atoms with Gasteiger partial charge in [-0.1, -0.05) is 35.0 Å². The normalized spacial score (nSPS) is 11.2. The molecule has 124 valence electrons. The molecule has 0 saturated carbocycles. The maximum Gasteiger partial charge on any atom is 0.115 e. The second-order valence-corrected chi connectivity index (χ2v) is 7.53. The second-order valence-electron chi connectivity index (χ2n) is 5.60. The topological polar surface area (TPSA) is 43.6 Å². The summed E-state index contributed by atoms with van der Waals surface area (Å²) < 4.78 is 2.01. The van der Waals surface area contributed by atoms with Crippen molar-refractivity contribution >= 4 is 35.0 Å². The molecule has 0 bridgehead atoms. The van der Waals surface area contributed by atoms with E-state index in [9.17, 15) is 0 Å². The first-order valence-electron chi connectivity index (χ1n) is 7.48. The highest BCUT2D eigenvalue weighted by Gasteiger charge is 2.16. The Morgan fingerprint density at radius 1 is 1.17 bits per heavy atom. The van der Waals surface area contributed by atoms with Gasteiger partial charge in [0.1, 0.15) is 11.4 Å². The summed E-state index contributed by atoms with van der Waals surface area (Å²) in [7, 11) is 0. The highest BCUT2D eigenvalue weighted by molar-refractivity contribution is 7.99. The van der Waals surface area contributed by atoms with Gasteiger partial charge in [0.05, 0.1) is 6.20 Å². The van der Waals surface area contributed by atoms with E-state index in [1.807, 2.05) is 29.1 Å². The van der Waals surface area contributed by atoms with E-state index in [1.54, 1.807) is 30.4 Å². The van der Waals surface area contributed by atoms with Crippen molar-refractivity contribution in [2.75, 3.05) is 0 Å². The summed E-state index contributed by atoms with van der Waals surface area (Å²) in [6.07, 6.45) is 5.91. The summed E-state index contributed by atoms with van der Waals surface area (Å²) in [5.74, 6) is 0. The fourth-order valence-electron chi connectivity index (χ4n) is 2.30. The number of benzene rings is 1. The van der Waals surface area contributed by atoms with Crippen LogP contribution in [0.15, 0.2) is 52.9 Å². The van der Waals surface area contributed by atoms with Crippen LogP contribution >= 0.6 is 35.0 Å². The average molecular weight is 379 g/mol. The first kappa shape index (κ1) is 17.3. The molecule has 4 nitrogen and oxygen atoms in total. The molecule has 3 rings (SSSR count). The van der Waals surface area contributed by atoms with Crippen molar-refractivity contribution in [2.45, 2.75) is 36.2 Å². The predicted molar refractivity (Wildman–Crippen MR) is 98.0 cm³/mol. The van der Waals surface area contributed by atoms with Crippen molar-refractivity contribution in [3.05, 3.63) is 64.3 Å². The van der Waals surface area contributed by atoms with Gasteiger partial charge >= 0.3 is 0 Å². The van der Waals surface area contributed by atoms with Crippen LogP contribution in [0, 0.1) is 0 Å². The largest absolute Gasteiger partial charge is 0.256 e. The molecule has 2 aromatic heterocycles. The fraction of sp³-hybridized carbons (Fsp3) is 0.235. The van der Waals surface area contributed by atoms with Gasteiger partial charge in [0.2, 0.25) is 0 Å². The monoisotopic (exact) mass is 378 g/mol. The summed E-state index contributed by atoms with van der Waals surface area (Å²) >= 11 is 13.9. The number of halogens is 2. The molecule has 7 heteroatoms. The van der Waals surface area contributed by atoms with Gasteiger partial charge in [-0.25, -0.2) is 9.97 Å². The molecule has 3 aromatic rings. The van der Waals surface area contributed by atoms with E-state index in [2.05, 4.69) is 28.9 Å². The molecule has 0 unspecified atom stereocenters. The standard InChI is InChI=1S/C17H16Cl2N4S/c1-11(2)23-17(24-16-7-13(18)6-14(19)8-16)12(9-22-23)5-15-3-4-20-10-21-15/h3-4,6-11H,5H2,1-2H3. The summed E-state index contributed by atoms with van der Waals surface area (Å²) in [6.45, 7) is 4.22. The summed E-state index contributed by atoms with van der Waals surface area (Å²) in [6, 6.07) is 7.71. The molecule has 0 N–H and O–H groups in total. The lowest BCUT2D eigenvalue weighted by Crippen LogP contribution is -2.05. The van der Waals surface area contributed by atoms with Gasteiger partial charge in [0.25, 0.3) is 0 Å². The maximum atomic E-state index is 6.13. The van der Waals surface area contributed by atoms with Gasteiger partial charge in [0.15, 0.2) is 0 Å². The van der Waals surface area contributed by atoms with Crippen LogP contribution in [0.1, 0.15) is 31.1 Å². The van der Waals surface area contributed by atoms with Crippen molar-refractivity contribution in [3.8, 4) is 0 Å². The Morgan fingerprint density at radius 3 is 2.54 bits per heavy atom. The third-order valence-corrected chi connectivity index (χ3v) is 4.93. The van der Waals surface area contributed by atoms with E-state index < -0.39 is 0 Å². The molecule has 0 aliphatic rings. The molecule has 0 radical (unpaired) electrons. The smallest absolute Gasteiger partial charge is 0.115 e. The molecular formula is C17H16Cl2N4S.